The highest BCUT2D eigenvalue weighted by Gasteiger charge is 2.21. The lowest BCUT2D eigenvalue weighted by molar-refractivity contribution is 0.0722. The van der Waals surface area contributed by atoms with Crippen LogP contribution in [0.4, 0.5) is 0 Å². The summed E-state index contributed by atoms with van der Waals surface area (Å²) in [6.45, 7) is 1.87. The molecule has 0 aliphatic heterocycles. The number of amides is 1. The van der Waals surface area contributed by atoms with Gasteiger partial charge in [0.15, 0.2) is 0 Å². The van der Waals surface area contributed by atoms with Gasteiger partial charge in [-0.1, -0.05) is 23.7 Å². The van der Waals surface area contributed by atoms with Gasteiger partial charge in [0.05, 0.1) is 11.1 Å². The first kappa shape index (κ1) is 16.1. The molecule has 1 unspecified atom stereocenters. The van der Waals surface area contributed by atoms with E-state index in [9.17, 15) is 9.90 Å². The van der Waals surface area contributed by atoms with Crippen LogP contribution in [0, 0.1) is 0 Å². The number of aromatic nitrogens is 1. The maximum absolute atomic E-state index is 12.1. The average molecular weight is 325 g/mol. The summed E-state index contributed by atoms with van der Waals surface area (Å²) in [5.41, 5.74) is 0.0469. The number of carbonyl (C=O) groups is 1. The fourth-order valence-electron chi connectivity index (χ4n) is 1.94. The molecule has 2 aromatic rings. The van der Waals surface area contributed by atoms with E-state index in [2.05, 4.69) is 10.3 Å². The molecule has 1 atom stereocenters. The molecule has 1 heterocycles. The van der Waals surface area contributed by atoms with Gasteiger partial charge >= 0.3 is 0 Å². The summed E-state index contributed by atoms with van der Waals surface area (Å²) in [6.07, 6.45) is 1.91. The van der Waals surface area contributed by atoms with Crippen molar-refractivity contribution in [3.05, 3.63) is 41.0 Å². The number of benzene rings is 1. The van der Waals surface area contributed by atoms with Crippen LogP contribution in [0.5, 0.6) is 0 Å². The second kappa shape index (κ2) is 6.64. The number of hydrogen-bond acceptors (Lipinski definition) is 4. The standard InChI is InChI=1S/C15H17ClN2O2S/c1-15(20,9-21-2)8-17-14(19)12-6-4-10-3-5-11(16)7-13(10)18-12/h3-7,20H,8-9H2,1-2H3,(H,17,19). The Morgan fingerprint density at radius 2 is 2.14 bits per heavy atom. The van der Waals surface area contributed by atoms with Crippen molar-refractivity contribution in [1.82, 2.24) is 10.3 Å². The molecular formula is C15H17ClN2O2S. The van der Waals surface area contributed by atoms with E-state index in [0.717, 1.165) is 5.39 Å². The van der Waals surface area contributed by atoms with Gasteiger partial charge in [0.1, 0.15) is 5.69 Å². The van der Waals surface area contributed by atoms with Crippen molar-refractivity contribution >= 4 is 40.2 Å². The molecule has 6 heteroatoms. The first-order valence-electron chi connectivity index (χ1n) is 6.47. The maximum atomic E-state index is 12.1. The Balaban J connectivity index is 2.12. The van der Waals surface area contributed by atoms with Crippen LogP contribution < -0.4 is 5.32 Å². The Bertz CT molecular complexity index is 661. The first-order chi connectivity index (χ1) is 9.91. The van der Waals surface area contributed by atoms with E-state index in [0.29, 0.717) is 22.0 Å². The summed E-state index contributed by atoms with van der Waals surface area (Å²) in [5, 5.41) is 14.3. The largest absolute Gasteiger partial charge is 0.387 e. The van der Waals surface area contributed by atoms with Gasteiger partial charge in [-0.25, -0.2) is 4.98 Å². The maximum Gasteiger partial charge on any atom is 0.270 e. The zero-order valence-corrected chi connectivity index (χ0v) is 13.5. The number of nitrogens with zero attached hydrogens (tertiary/aromatic N) is 1. The van der Waals surface area contributed by atoms with Gasteiger partial charge in [-0.2, -0.15) is 11.8 Å². The van der Waals surface area contributed by atoms with Crippen molar-refractivity contribution in [2.75, 3.05) is 18.6 Å². The molecule has 2 N–H and O–H groups in total. The highest BCUT2D eigenvalue weighted by molar-refractivity contribution is 7.98. The number of nitrogens with one attached hydrogen (secondary N) is 1. The summed E-state index contributed by atoms with van der Waals surface area (Å²) < 4.78 is 0. The highest BCUT2D eigenvalue weighted by atomic mass is 35.5. The van der Waals surface area contributed by atoms with Crippen molar-refractivity contribution < 1.29 is 9.90 Å². The lowest BCUT2D eigenvalue weighted by Crippen LogP contribution is -2.42. The lowest BCUT2D eigenvalue weighted by Gasteiger charge is -2.22. The first-order valence-corrected chi connectivity index (χ1v) is 8.24. The van der Waals surface area contributed by atoms with Gasteiger partial charge in [-0.3, -0.25) is 4.79 Å². The normalized spacial score (nSPS) is 13.9. The smallest absolute Gasteiger partial charge is 0.270 e. The molecule has 112 valence electrons. The average Bonchev–Trinajstić information content (AvgIpc) is 2.44. The van der Waals surface area contributed by atoms with E-state index in [1.54, 1.807) is 25.1 Å². The zero-order chi connectivity index (χ0) is 15.5. The SMILES string of the molecule is CSCC(C)(O)CNC(=O)c1ccc2ccc(Cl)cc2n1. The topological polar surface area (TPSA) is 62.2 Å². The molecule has 0 spiro atoms. The van der Waals surface area contributed by atoms with Gasteiger partial charge in [-0.15, -0.1) is 0 Å². The van der Waals surface area contributed by atoms with E-state index in [4.69, 9.17) is 11.6 Å². The molecule has 0 saturated carbocycles. The van der Waals surface area contributed by atoms with Crippen molar-refractivity contribution in [2.45, 2.75) is 12.5 Å². The monoisotopic (exact) mass is 324 g/mol. The summed E-state index contributed by atoms with van der Waals surface area (Å²) in [5.74, 6) is 0.242. The third-order valence-corrected chi connectivity index (χ3v) is 4.12. The predicted octanol–water partition coefficient (Wildman–Crippen LogP) is 2.73. The fraction of sp³-hybridized carbons (Fsp3) is 0.333. The number of hydrogen-bond donors (Lipinski definition) is 2. The molecule has 2 rings (SSSR count). The number of rotatable bonds is 5. The third kappa shape index (κ3) is 4.33. The molecular weight excluding hydrogens is 308 g/mol. The molecule has 0 aliphatic rings. The Kier molecular flexibility index (Phi) is 5.08. The van der Waals surface area contributed by atoms with Crippen LogP contribution in [-0.4, -0.2) is 40.2 Å². The molecule has 21 heavy (non-hydrogen) atoms. The zero-order valence-electron chi connectivity index (χ0n) is 11.9. The lowest BCUT2D eigenvalue weighted by atomic mass is 10.1. The number of fused-ring (bicyclic) bond motifs is 1. The number of aliphatic hydroxyl groups is 1. The van der Waals surface area contributed by atoms with Crippen LogP contribution in [0.3, 0.4) is 0 Å². The van der Waals surface area contributed by atoms with E-state index >= 15 is 0 Å². The molecule has 0 fully saturated rings. The minimum Gasteiger partial charge on any atom is -0.387 e. The Labute approximate surface area is 132 Å². The summed E-state index contributed by atoms with van der Waals surface area (Å²) in [7, 11) is 0. The summed E-state index contributed by atoms with van der Waals surface area (Å²) in [4.78, 5) is 16.4. The molecule has 1 aromatic heterocycles. The molecule has 1 amide bonds. The van der Waals surface area contributed by atoms with Crippen LogP contribution in [0.1, 0.15) is 17.4 Å². The Morgan fingerprint density at radius 3 is 2.86 bits per heavy atom. The molecule has 0 aliphatic carbocycles. The Hall–Kier alpha value is -1.30. The highest BCUT2D eigenvalue weighted by Crippen LogP contribution is 2.18. The van der Waals surface area contributed by atoms with Crippen molar-refractivity contribution in [3.63, 3.8) is 0 Å². The van der Waals surface area contributed by atoms with E-state index in [1.807, 2.05) is 18.4 Å². The van der Waals surface area contributed by atoms with Crippen LogP contribution in [0.25, 0.3) is 10.9 Å². The summed E-state index contributed by atoms with van der Waals surface area (Å²) in [6, 6.07) is 8.85. The molecule has 4 nitrogen and oxygen atoms in total. The van der Waals surface area contributed by atoms with E-state index in [1.165, 1.54) is 11.8 Å². The predicted molar refractivity (Wildman–Crippen MR) is 88.1 cm³/mol. The van der Waals surface area contributed by atoms with Gasteiger partial charge in [-0.05, 0) is 31.4 Å². The van der Waals surface area contributed by atoms with Crippen LogP contribution in [-0.2, 0) is 0 Å². The van der Waals surface area contributed by atoms with Gasteiger partial charge in [0.25, 0.3) is 5.91 Å². The second-order valence-electron chi connectivity index (χ2n) is 5.15. The van der Waals surface area contributed by atoms with Crippen LogP contribution >= 0.6 is 23.4 Å². The van der Waals surface area contributed by atoms with E-state index < -0.39 is 5.60 Å². The van der Waals surface area contributed by atoms with Crippen LogP contribution in [0.15, 0.2) is 30.3 Å². The molecule has 0 saturated heterocycles. The number of halogens is 1. The van der Waals surface area contributed by atoms with Gasteiger partial charge in [0.2, 0.25) is 0 Å². The van der Waals surface area contributed by atoms with Gasteiger partial charge in [0, 0.05) is 22.7 Å². The fourth-order valence-corrected chi connectivity index (χ4v) is 2.83. The number of thioether (sulfide) groups is 1. The van der Waals surface area contributed by atoms with Crippen molar-refractivity contribution in [3.8, 4) is 0 Å². The minimum absolute atomic E-state index is 0.182. The van der Waals surface area contributed by atoms with Crippen molar-refractivity contribution in [2.24, 2.45) is 0 Å². The van der Waals surface area contributed by atoms with Crippen LogP contribution in [0.2, 0.25) is 5.02 Å². The number of pyridine rings is 1. The van der Waals surface area contributed by atoms with Crippen molar-refractivity contribution in [1.29, 1.82) is 0 Å². The molecule has 0 bridgehead atoms. The molecule has 0 radical (unpaired) electrons. The second-order valence-corrected chi connectivity index (χ2v) is 6.45. The summed E-state index contributed by atoms with van der Waals surface area (Å²) >= 11 is 7.46. The van der Waals surface area contributed by atoms with E-state index in [-0.39, 0.29) is 12.5 Å². The molecule has 1 aromatic carbocycles. The third-order valence-electron chi connectivity index (χ3n) is 2.97. The number of carbonyl (C=O) groups excluding carboxylic acids is 1. The van der Waals surface area contributed by atoms with Gasteiger partial charge < -0.3 is 10.4 Å². The Morgan fingerprint density at radius 1 is 1.43 bits per heavy atom. The quantitative estimate of drug-likeness (QED) is 0.887. The minimum atomic E-state index is -0.935.